The van der Waals surface area contributed by atoms with Crippen molar-refractivity contribution in [1.29, 1.82) is 0 Å². The number of hydrogen-bond donors (Lipinski definition) is 4. The molecule has 0 aromatic carbocycles. The van der Waals surface area contributed by atoms with Crippen LogP contribution in [0.3, 0.4) is 0 Å². The summed E-state index contributed by atoms with van der Waals surface area (Å²) in [4.78, 5) is 7.49. The SMILES string of the molecule is C[C@]12CC[C@H]3[C@@H](CCC4=C[C@@H](O)CC[C@@]43C)[C@@]1(O)CC[C@]2(O)c1ncc[nH]1. The summed E-state index contributed by atoms with van der Waals surface area (Å²) in [6.45, 7) is 4.43. The van der Waals surface area contributed by atoms with Gasteiger partial charge in [-0.15, -0.1) is 0 Å². The van der Waals surface area contributed by atoms with Crippen LogP contribution < -0.4 is 0 Å². The predicted octanol–water partition coefficient (Wildman–Crippen LogP) is 3.04. The lowest BCUT2D eigenvalue weighted by atomic mass is 9.44. The molecule has 4 aliphatic carbocycles. The van der Waals surface area contributed by atoms with Crippen LogP contribution in [0, 0.1) is 22.7 Å². The lowest BCUT2D eigenvalue weighted by molar-refractivity contribution is -0.223. The van der Waals surface area contributed by atoms with Crippen LogP contribution in [0.2, 0.25) is 0 Å². The fourth-order valence-electron chi connectivity index (χ4n) is 7.57. The second kappa shape index (κ2) is 5.46. The highest BCUT2D eigenvalue weighted by Gasteiger charge is 2.72. The molecular weight excluding hydrogens is 340 g/mol. The largest absolute Gasteiger partial charge is 0.389 e. The molecule has 5 heteroatoms. The van der Waals surface area contributed by atoms with Gasteiger partial charge in [0.15, 0.2) is 0 Å². The predicted molar refractivity (Wildman–Crippen MR) is 102 cm³/mol. The van der Waals surface area contributed by atoms with Gasteiger partial charge in [0.1, 0.15) is 11.4 Å². The number of aromatic nitrogens is 2. The third-order valence-corrected chi connectivity index (χ3v) is 9.31. The van der Waals surface area contributed by atoms with Gasteiger partial charge in [-0.25, -0.2) is 4.98 Å². The van der Waals surface area contributed by atoms with Crippen molar-refractivity contribution in [3.8, 4) is 0 Å². The highest BCUT2D eigenvalue weighted by molar-refractivity contribution is 5.30. The molecule has 1 aromatic rings. The van der Waals surface area contributed by atoms with E-state index in [2.05, 4.69) is 29.9 Å². The number of aliphatic hydroxyl groups is 3. The van der Waals surface area contributed by atoms with Crippen molar-refractivity contribution in [2.45, 2.75) is 82.5 Å². The van der Waals surface area contributed by atoms with Crippen molar-refractivity contribution in [3.05, 3.63) is 29.9 Å². The Hall–Kier alpha value is -1.17. The second-order valence-corrected chi connectivity index (χ2v) is 10.1. The van der Waals surface area contributed by atoms with Crippen molar-refractivity contribution in [2.75, 3.05) is 0 Å². The average Bonchev–Trinajstić information content (AvgIpc) is 3.24. The lowest BCUT2D eigenvalue weighted by Crippen LogP contribution is -2.63. The van der Waals surface area contributed by atoms with E-state index in [4.69, 9.17) is 0 Å². The maximum Gasteiger partial charge on any atom is 0.138 e. The Kier molecular flexibility index (Phi) is 3.62. The first-order valence-corrected chi connectivity index (χ1v) is 10.6. The van der Waals surface area contributed by atoms with E-state index in [1.165, 1.54) is 5.57 Å². The fraction of sp³-hybridized carbons (Fsp3) is 0.773. The first kappa shape index (κ1) is 17.9. The van der Waals surface area contributed by atoms with Gasteiger partial charge in [0.2, 0.25) is 0 Å². The smallest absolute Gasteiger partial charge is 0.138 e. The Morgan fingerprint density at radius 3 is 2.59 bits per heavy atom. The highest BCUT2D eigenvalue weighted by atomic mass is 16.3. The van der Waals surface area contributed by atoms with Gasteiger partial charge in [-0.05, 0) is 68.6 Å². The van der Waals surface area contributed by atoms with E-state index < -0.39 is 16.6 Å². The number of allylic oxidation sites excluding steroid dienone is 1. The molecule has 5 rings (SSSR count). The van der Waals surface area contributed by atoms with Gasteiger partial charge in [0.25, 0.3) is 0 Å². The number of H-pyrrole nitrogens is 1. The van der Waals surface area contributed by atoms with Crippen molar-refractivity contribution in [3.63, 3.8) is 0 Å². The van der Waals surface area contributed by atoms with Crippen LogP contribution in [0.5, 0.6) is 0 Å². The van der Waals surface area contributed by atoms with Crippen molar-refractivity contribution < 1.29 is 15.3 Å². The quantitative estimate of drug-likeness (QED) is 0.571. The Balaban J connectivity index is 1.56. The van der Waals surface area contributed by atoms with E-state index in [-0.39, 0.29) is 17.4 Å². The third-order valence-electron chi connectivity index (χ3n) is 9.31. The molecule has 148 valence electrons. The molecule has 0 saturated heterocycles. The number of aliphatic hydroxyl groups excluding tert-OH is 1. The Morgan fingerprint density at radius 2 is 1.85 bits per heavy atom. The van der Waals surface area contributed by atoms with Gasteiger partial charge >= 0.3 is 0 Å². The number of nitrogens with zero attached hydrogens (tertiary/aromatic N) is 1. The fourth-order valence-corrected chi connectivity index (χ4v) is 7.57. The summed E-state index contributed by atoms with van der Waals surface area (Å²) in [5, 5.41) is 33.9. The molecule has 0 bridgehead atoms. The second-order valence-electron chi connectivity index (χ2n) is 10.1. The summed E-state index contributed by atoms with van der Waals surface area (Å²) >= 11 is 0. The maximum absolute atomic E-state index is 12.1. The zero-order valence-electron chi connectivity index (χ0n) is 16.4. The summed E-state index contributed by atoms with van der Waals surface area (Å²) in [5.74, 6) is 1.21. The summed E-state index contributed by atoms with van der Waals surface area (Å²) in [7, 11) is 0. The van der Waals surface area contributed by atoms with Crippen LogP contribution in [0.25, 0.3) is 0 Å². The number of hydrogen-bond acceptors (Lipinski definition) is 4. The van der Waals surface area contributed by atoms with Crippen LogP contribution in [0.4, 0.5) is 0 Å². The molecule has 0 aliphatic heterocycles. The molecule has 0 unspecified atom stereocenters. The van der Waals surface area contributed by atoms with Crippen LogP contribution >= 0.6 is 0 Å². The number of fused-ring (bicyclic) bond motifs is 5. The van der Waals surface area contributed by atoms with Crippen LogP contribution in [-0.4, -0.2) is 37.0 Å². The molecule has 3 fully saturated rings. The van der Waals surface area contributed by atoms with Gasteiger partial charge in [-0.1, -0.05) is 25.5 Å². The van der Waals surface area contributed by atoms with Gasteiger partial charge in [0.05, 0.1) is 11.7 Å². The minimum Gasteiger partial charge on any atom is -0.389 e. The molecule has 4 aliphatic rings. The van der Waals surface area contributed by atoms with E-state index in [0.29, 0.717) is 24.6 Å². The monoisotopic (exact) mass is 372 g/mol. The summed E-state index contributed by atoms with van der Waals surface area (Å²) < 4.78 is 0. The maximum atomic E-state index is 12.1. The topological polar surface area (TPSA) is 89.4 Å². The van der Waals surface area contributed by atoms with Gasteiger partial charge in [0, 0.05) is 17.8 Å². The molecule has 7 atom stereocenters. The standard InChI is InChI=1S/C22H32N2O3/c1-19-7-5-15(25)13-14(19)3-4-17-16(19)6-8-20(2)21(17,26)9-10-22(20,27)18-23-11-12-24-18/h11-13,15-17,25-27H,3-10H2,1-2H3,(H,23,24)/t15-,16-,17+,19-,20-,21-,22-/m0/s1. The average molecular weight is 373 g/mol. The molecular formula is C22H32N2O3. The molecule has 1 aromatic heterocycles. The van der Waals surface area contributed by atoms with Gasteiger partial charge in [-0.3, -0.25) is 0 Å². The number of rotatable bonds is 1. The molecule has 0 spiro atoms. The molecule has 3 saturated carbocycles. The van der Waals surface area contributed by atoms with Gasteiger partial charge in [-0.2, -0.15) is 0 Å². The summed E-state index contributed by atoms with van der Waals surface area (Å²) in [6, 6.07) is 0. The number of imidazole rings is 1. The van der Waals surface area contributed by atoms with E-state index in [1.807, 2.05) is 0 Å². The van der Waals surface area contributed by atoms with Crippen molar-refractivity contribution >= 4 is 0 Å². The Labute approximate surface area is 160 Å². The van der Waals surface area contributed by atoms with Crippen LogP contribution in [0.15, 0.2) is 24.0 Å². The highest BCUT2D eigenvalue weighted by Crippen LogP contribution is 2.70. The minimum absolute atomic E-state index is 0.0740. The molecule has 5 nitrogen and oxygen atoms in total. The lowest BCUT2D eigenvalue weighted by Gasteiger charge is -2.62. The van der Waals surface area contributed by atoms with E-state index in [0.717, 1.165) is 38.5 Å². The van der Waals surface area contributed by atoms with Gasteiger partial charge < -0.3 is 20.3 Å². The third kappa shape index (κ3) is 2.03. The number of nitrogens with one attached hydrogen (secondary N) is 1. The summed E-state index contributed by atoms with van der Waals surface area (Å²) in [6.07, 6.45) is 11.9. The zero-order chi connectivity index (χ0) is 19.1. The van der Waals surface area contributed by atoms with Crippen molar-refractivity contribution in [1.82, 2.24) is 9.97 Å². The van der Waals surface area contributed by atoms with E-state index in [9.17, 15) is 15.3 Å². The Bertz CT molecular complexity index is 777. The normalized spacial score (nSPS) is 51.9. The molecule has 1 heterocycles. The van der Waals surface area contributed by atoms with E-state index in [1.54, 1.807) is 12.4 Å². The van der Waals surface area contributed by atoms with E-state index >= 15 is 0 Å². The number of aromatic amines is 1. The molecule has 27 heavy (non-hydrogen) atoms. The Morgan fingerprint density at radius 1 is 1.04 bits per heavy atom. The first-order valence-electron chi connectivity index (χ1n) is 10.6. The minimum atomic E-state index is -1.10. The van der Waals surface area contributed by atoms with Crippen LogP contribution in [0.1, 0.15) is 71.0 Å². The van der Waals surface area contributed by atoms with Crippen molar-refractivity contribution in [2.24, 2.45) is 22.7 Å². The van der Waals surface area contributed by atoms with Crippen LogP contribution in [-0.2, 0) is 5.60 Å². The zero-order valence-corrected chi connectivity index (χ0v) is 16.4. The molecule has 0 amide bonds. The first-order chi connectivity index (χ1) is 12.7. The summed E-state index contributed by atoms with van der Waals surface area (Å²) in [5.41, 5.74) is -1.10. The molecule has 4 N–H and O–H groups in total. The molecule has 0 radical (unpaired) electrons.